The third-order valence-corrected chi connectivity index (χ3v) is 3.39. The smallest absolute Gasteiger partial charge is 0.744 e. The Morgan fingerprint density at radius 3 is 2.44 bits per heavy atom. The third-order valence-electron chi connectivity index (χ3n) is 2.57. The van der Waals surface area contributed by atoms with Crippen LogP contribution in [0.3, 0.4) is 0 Å². The molecule has 0 N–H and O–H groups in total. The van der Waals surface area contributed by atoms with Gasteiger partial charge in [-0.1, -0.05) is 12.1 Å². The van der Waals surface area contributed by atoms with Gasteiger partial charge in [0.1, 0.15) is 15.0 Å². The predicted octanol–water partition coefficient (Wildman–Crippen LogP) is -2.07. The summed E-state index contributed by atoms with van der Waals surface area (Å²) >= 11 is 0. The van der Waals surface area contributed by atoms with Crippen LogP contribution < -0.4 is 35.0 Å². The van der Waals surface area contributed by atoms with E-state index >= 15 is 0 Å². The van der Waals surface area contributed by atoms with E-state index in [-0.39, 0.29) is 34.9 Å². The SMILES string of the molecule is CCn1cc(S(=O)(=O)[O-])c(=O)c2ccccc21.[Na+]. The number of fused-ring (bicyclic) bond motifs is 1. The average molecular weight is 275 g/mol. The molecule has 1 heterocycles. The number of nitrogens with zero attached hydrogens (tertiary/aromatic N) is 1. The Labute approximate surface area is 126 Å². The molecular formula is C11H10NNaO4S. The third kappa shape index (κ3) is 2.67. The first-order chi connectivity index (χ1) is 7.95. The summed E-state index contributed by atoms with van der Waals surface area (Å²) < 4.78 is 34.6. The van der Waals surface area contributed by atoms with Crippen LogP contribution in [0.4, 0.5) is 0 Å². The topological polar surface area (TPSA) is 79.2 Å². The van der Waals surface area contributed by atoms with E-state index < -0.39 is 20.4 Å². The Balaban J connectivity index is 0.00000162. The number of hydrogen-bond acceptors (Lipinski definition) is 4. The minimum atomic E-state index is -4.74. The molecule has 0 aliphatic heterocycles. The fraction of sp³-hybridized carbons (Fsp3) is 0.182. The minimum absolute atomic E-state index is 0. The van der Waals surface area contributed by atoms with Crippen LogP contribution in [0.15, 0.2) is 40.2 Å². The number of pyridine rings is 1. The fourth-order valence-corrected chi connectivity index (χ4v) is 2.35. The van der Waals surface area contributed by atoms with Crippen LogP contribution in [0.25, 0.3) is 10.9 Å². The van der Waals surface area contributed by atoms with Crippen molar-refractivity contribution in [3.63, 3.8) is 0 Å². The maximum atomic E-state index is 11.9. The molecule has 0 aliphatic rings. The second-order valence-electron chi connectivity index (χ2n) is 3.58. The van der Waals surface area contributed by atoms with Gasteiger partial charge in [0, 0.05) is 18.1 Å². The Morgan fingerprint density at radius 1 is 1.28 bits per heavy atom. The molecule has 0 fully saturated rings. The maximum absolute atomic E-state index is 11.9. The zero-order valence-corrected chi connectivity index (χ0v) is 12.9. The molecule has 18 heavy (non-hydrogen) atoms. The van der Waals surface area contributed by atoms with E-state index in [4.69, 9.17) is 0 Å². The standard InChI is InChI=1S/C11H11NO4S.Na/c1-2-12-7-10(17(14,15)16)11(13)8-5-3-4-6-9(8)12;/h3-7H,2H2,1H3,(H,14,15,16);/q;+1/p-1. The van der Waals surface area contributed by atoms with E-state index in [0.29, 0.717) is 12.1 Å². The largest absolute Gasteiger partial charge is 1.00 e. The summed E-state index contributed by atoms with van der Waals surface area (Å²) in [4.78, 5) is 11.2. The van der Waals surface area contributed by atoms with Crippen LogP contribution in [-0.4, -0.2) is 17.5 Å². The molecule has 0 saturated carbocycles. The molecular weight excluding hydrogens is 265 g/mol. The van der Waals surface area contributed by atoms with Gasteiger partial charge in [-0.25, -0.2) is 8.42 Å². The van der Waals surface area contributed by atoms with Gasteiger partial charge in [-0.2, -0.15) is 0 Å². The van der Waals surface area contributed by atoms with E-state index in [1.807, 2.05) is 0 Å². The quantitative estimate of drug-likeness (QED) is 0.466. The normalized spacial score (nSPS) is 11.2. The van der Waals surface area contributed by atoms with Crippen molar-refractivity contribution in [2.24, 2.45) is 0 Å². The second kappa shape index (κ2) is 5.54. The van der Waals surface area contributed by atoms with E-state index in [1.165, 1.54) is 6.07 Å². The summed E-state index contributed by atoms with van der Waals surface area (Å²) in [5.41, 5.74) is -0.118. The second-order valence-corrected chi connectivity index (χ2v) is 4.93. The van der Waals surface area contributed by atoms with Crippen LogP contribution in [0, 0.1) is 0 Å². The summed E-state index contributed by atoms with van der Waals surface area (Å²) in [7, 11) is -4.74. The van der Waals surface area contributed by atoms with E-state index in [9.17, 15) is 17.8 Å². The molecule has 90 valence electrons. The Bertz CT molecular complexity index is 736. The first-order valence-electron chi connectivity index (χ1n) is 5.03. The Kier molecular flexibility index (Phi) is 4.74. The zero-order chi connectivity index (χ0) is 12.6. The van der Waals surface area contributed by atoms with Crippen molar-refractivity contribution in [1.29, 1.82) is 0 Å². The molecule has 2 aromatic rings. The molecule has 7 heteroatoms. The van der Waals surface area contributed by atoms with Crippen LogP contribution in [0.2, 0.25) is 0 Å². The predicted molar refractivity (Wildman–Crippen MR) is 61.8 cm³/mol. The van der Waals surface area contributed by atoms with Crippen LogP contribution >= 0.6 is 0 Å². The molecule has 2 rings (SSSR count). The maximum Gasteiger partial charge on any atom is 1.00 e. The summed E-state index contributed by atoms with van der Waals surface area (Å²) in [6, 6.07) is 6.60. The van der Waals surface area contributed by atoms with Crippen molar-refractivity contribution >= 4 is 21.0 Å². The molecule has 0 aliphatic carbocycles. The van der Waals surface area contributed by atoms with Gasteiger partial charge in [0.25, 0.3) is 0 Å². The number of para-hydroxylation sites is 1. The number of benzene rings is 1. The first-order valence-corrected chi connectivity index (χ1v) is 6.44. The number of aromatic nitrogens is 1. The molecule has 0 spiro atoms. The monoisotopic (exact) mass is 275 g/mol. The van der Waals surface area contributed by atoms with Crippen LogP contribution in [-0.2, 0) is 16.7 Å². The van der Waals surface area contributed by atoms with Gasteiger partial charge in [-0.3, -0.25) is 4.79 Å². The van der Waals surface area contributed by atoms with E-state index in [2.05, 4.69) is 0 Å². The van der Waals surface area contributed by atoms with Gasteiger partial charge < -0.3 is 9.12 Å². The fourth-order valence-electron chi connectivity index (χ4n) is 1.76. The van der Waals surface area contributed by atoms with Gasteiger partial charge in [-0.05, 0) is 19.1 Å². The Morgan fingerprint density at radius 2 is 1.89 bits per heavy atom. The molecule has 0 amide bonds. The first kappa shape index (κ1) is 15.4. The van der Waals surface area contributed by atoms with Crippen molar-refractivity contribution in [3.05, 3.63) is 40.7 Å². The van der Waals surface area contributed by atoms with Crippen molar-refractivity contribution in [3.8, 4) is 0 Å². The van der Waals surface area contributed by atoms with Crippen molar-refractivity contribution in [1.82, 2.24) is 4.57 Å². The van der Waals surface area contributed by atoms with E-state index in [0.717, 1.165) is 6.20 Å². The number of aryl methyl sites for hydroxylation is 1. The van der Waals surface area contributed by atoms with Gasteiger partial charge in [0.2, 0.25) is 5.43 Å². The Hall–Kier alpha value is -0.660. The van der Waals surface area contributed by atoms with Crippen molar-refractivity contribution in [2.45, 2.75) is 18.4 Å². The minimum Gasteiger partial charge on any atom is -0.744 e. The molecule has 0 saturated heterocycles. The summed E-state index contributed by atoms with van der Waals surface area (Å²) in [6.07, 6.45) is 1.10. The van der Waals surface area contributed by atoms with Crippen molar-refractivity contribution in [2.75, 3.05) is 0 Å². The molecule has 0 unspecified atom stereocenters. The van der Waals surface area contributed by atoms with Crippen LogP contribution in [0.5, 0.6) is 0 Å². The van der Waals surface area contributed by atoms with E-state index in [1.54, 1.807) is 29.7 Å². The molecule has 1 aromatic heterocycles. The zero-order valence-electron chi connectivity index (χ0n) is 10.1. The molecule has 5 nitrogen and oxygen atoms in total. The van der Waals surface area contributed by atoms with Gasteiger partial charge in [0.15, 0.2) is 0 Å². The molecule has 0 atom stereocenters. The summed E-state index contributed by atoms with van der Waals surface area (Å²) in [5, 5.41) is 0.242. The average Bonchev–Trinajstić information content (AvgIpc) is 2.28. The molecule has 0 radical (unpaired) electrons. The molecule has 0 bridgehead atoms. The van der Waals surface area contributed by atoms with Crippen LogP contribution in [0.1, 0.15) is 6.92 Å². The summed E-state index contributed by atoms with van der Waals surface area (Å²) in [5.74, 6) is 0. The van der Waals surface area contributed by atoms with Gasteiger partial charge in [0.05, 0.1) is 5.52 Å². The van der Waals surface area contributed by atoms with Crippen molar-refractivity contribution < 1.29 is 42.5 Å². The number of rotatable bonds is 2. The van der Waals surface area contributed by atoms with Gasteiger partial charge in [-0.15, -0.1) is 0 Å². The number of hydrogen-bond donors (Lipinski definition) is 0. The van der Waals surface area contributed by atoms with Gasteiger partial charge >= 0.3 is 29.6 Å². The summed E-state index contributed by atoms with van der Waals surface area (Å²) in [6.45, 7) is 2.28. The molecule has 1 aromatic carbocycles.